The van der Waals surface area contributed by atoms with Gasteiger partial charge in [-0.2, -0.15) is 0 Å². The van der Waals surface area contributed by atoms with Crippen LogP contribution in [0.4, 0.5) is 0 Å². The van der Waals surface area contributed by atoms with Crippen molar-refractivity contribution in [3.8, 4) is 0 Å². The van der Waals surface area contributed by atoms with Crippen LogP contribution in [0.3, 0.4) is 0 Å². The third-order valence-electron chi connectivity index (χ3n) is 5.83. The minimum atomic E-state index is -0.498. The van der Waals surface area contributed by atoms with E-state index in [9.17, 15) is 14.4 Å². The molecule has 0 saturated carbocycles. The molecule has 0 aliphatic carbocycles. The van der Waals surface area contributed by atoms with Crippen molar-refractivity contribution in [3.63, 3.8) is 0 Å². The first-order valence-corrected chi connectivity index (χ1v) is 11.2. The van der Waals surface area contributed by atoms with Crippen molar-refractivity contribution < 1.29 is 14.4 Å². The zero-order chi connectivity index (χ0) is 21.7. The predicted molar refractivity (Wildman–Crippen MR) is 117 cm³/mol. The predicted octanol–water partition coefficient (Wildman–Crippen LogP) is 2.30. The van der Waals surface area contributed by atoms with Crippen LogP contribution >= 0.6 is 23.2 Å². The number of nitrogens with zero attached hydrogens (tertiary/aromatic N) is 2. The summed E-state index contributed by atoms with van der Waals surface area (Å²) in [6.45, 7) is 3.47. The molecule has 1 aromatic carbocycles. The lowest BCUT2D eigenvalue weighted by atomic mass is 9.97. The van der Waals surface area contributed by atoms with E-state index in [1.807, 2.05) is 0 Å². The van der Waals surface area contributed by atoms with Crippen molar-refractivity contribution in [2.24, 2.45) is 11.7 Å². The Hall–Kier alpha value is -1.83. The van der Waals surface area contributed by atoms with E-state index in [2.05, 4.69) is 10.2 Å². The first-order chi connectivity index (χ1) is 14.4. The third kappa shape index (κ3) is 5.65. The molecule has 2 aliphatic heterocycles. The number of carbonyl (C=O) groups is 3. The van der Waals surface area contributed by atoms with Crippen LogP contribution in [-0.2, 0) is 9.59 Å². The molecule has 9 heteroatoms. The van der Waals surface area contributed by atoms with Gasteiger partial charge < -0.3 is 20.9 Å². The van der Waals surface area contributed by atoms with E-state index >= 15 is 0 Å². The number of hydrogen-bond acceptors (Lipinski definition) is 4. The van der Waals surface area contributed by atoms with Crippen LogP contribution in [0, 0.1) is 5.92 Å². The summed E-state index contributed by atoms with van der Waals surface area (Å²) in [6, 6.07) is 4.26. The lowest BCUT2D eigenvalue weighted by molar-refractivity contribution is -0.124. The molecule has 0 bridgehead atoms. The van der Waals surface area contributed by atoms with Gasteiger partial charge in [-0.15, -0.1) is 0 Å². The Morgan fingerprint density at radius 3 is 2.67 bits per heavy atom. The number of amides is 3. The lowest BCUT2D eigenvalue weighted by Crippen LogP contribution is -2.46. The summed E-state index contributed by atoms with van der Waals surface area (Å²) >= 11 is 12.2. The number of likely N-dealkylation sites (tertiary alicyclic amines) is 2. The zero-order valence-electron chi connectivity index (χ0n) is 16.9. The fourth-order valence-electron chi connectivity index (χ4n) is 4.22. The normalized spacial score (nSPS) is 22.1. The Bertz CT molecular complexity index is 804. The molecule has 3 rings (SSSR count). The van der Waals surface area contributed by atoms with E-state index in [1.165, 1.54) is 6.07 Å². The number of carbonyl (C=O) groups excluding carboxylic acids is 3. The fourth-order valence-corrected chi connectivity index (χ4v) is 4.59. The van der Waals surface area contributed by atoms with Crippen LogP contribution in [0.2, 0.25) is 10.0 Å². The summed E-state index contributed by atoms with van der Waals surface area (Å²) in [5, 5.41) is 3.71. The summed E-state index contributed by atoms with van der Waals surface area (Å²) in [4.78, 5) is 40.8. The molecule has 2 aliphatic rings. The second-order valence-corrected chi connectivity index (χ2v) is 8.81. The molecule has 7 nitrogen and oxygen atoms in total. The van der Waals surface area contributed by atoms with Crippen LogP contribution in [0.5, 0.6) is 0 Å². The lowest BCUT2D eigenvalue weighted by Gasteiger charge is -2.31. The summed E-state index contributed by atoms with van der Waals surface area (Å²) in [6.07, 6.45) is 3.99. The molecule has 30 heavy (non-hydrogen) atoms. The van der Waals surface area contributed by atoms with E-state index in [1.54, 1.807) is 17.0 Å². The Morgan fingerprint density at radius 1 is 1.13 bits per heavy atom. The van der Waals surface area contributed by atoms with Crippen molar-refractivity contribution in [2.75, 3.05) is 32.7 Å². The second kappa shape index (κ2) is 10.5. The molecule has 0 aromatic heterocycles. The molecule has 2 unspecified atom stereocenters. The van der Waals surface area contributed by atoms with Gasteiger partial charge in [-0.25, -0.2) is 0 Å². The maximum atomic E-state index is 12.9. The van der Waals surface area contributed by atoms with E-state index in [-0.39, 0.29) is 23.6 Å². The largest absolute Gasteiger partial charge is 0.369 e. The van der Waals surface area contributed by atoms with Gasteiger partial charge in [-0.3, -0.25) is 14.4 Å². The van der Waals surface area contributed by atoms with Crippen LogP contribution in [0.1, 0.15) is 42.5 Å². The molecule has 2 saturated heterocycles. The fraction of sp³-hybridized carbons (Fsp3) is 0.571. The number of nitrogens with one attached hydrogen (secondary N) is 1. The number of benzene rings is 1. The monoisotopic (exact) mass is 454 g/mol. The molecule has 2 heterocycles. The van der Waals surface area contributed by atoms with Gasteiger partial charge in [0.15, 0.2) is 0 Å². The van der Waals surface area contributed by atoms with Crippen molar-refractivity contribution in [3.05, 3.63) is 33.8 Å². The van der Waals surface area contributed by atoms with E-state index in [0.717, 1.165) is 38.8 Å². The van der Waals surface area contributed by atoms with Gasteiger partial charge >= 0.3 is 0 Å². The summed E-state index contributed by atoms with van der Waals surface area (Å²) in [5.41, 5.74) is 5.74. The number of rotatable bonds is 7. The standard InChI is InChI=1S/C21H28Cl2N4O3/c22-15-6-7-17(23)16(12-15)21(30)27-11-2-5-18(27)20(29)25-8-3-10-26-9-1-4-14(13-26)19(24)28/h6-7,12,14,18H,1-5,8-11,13H2,(H2,24,28)(H,25,29). The third-order valence-corrected chi connectivity index (χ3v) is 6.40. The molecular formula is C21H28Cl2N4O3. The van der Waals surface area contributed by atoms with Crippen molar-refractivity contribution in [2.45, 2.75) is 38.1 Å². The van der Waals surface area contributed by atoms with Gasteiger partial charge in [0.05, 0.1) is 16.5 Å². The molecule has 2 atom stereocenters. The molecule has 3 N–H and O–H groups in total. The summed E-state index contributed by atoms with van der Waals surface area (Å²) in [5.74, 6) is -0.734. The minimum Gasteiger partial charge on any atom is -0.369 e. The first-order valence-electron chi connectivity index (χ1n) is 10.4. The Balaban J connectivity index is 1.48. The molecule has 3 amide bonds. The minimum absolute atomic E-state index is 0.0790. The number of nitrogens with two attached hydrogens (primary N) is 1. The number of hydrogen-bond donors (Lipinski definition) is 2. The van der Waals surface area contributed by atoms with Crippen LogP contribution in [0.25, 0.3) is 0 Å². The van der Waals surface area contributed by atoms with Crippen LogP contribution in [0.15, 0.2) is 18.2 Å². The van der Waals surface area contributed by atoms with Gasteiger partial charge in [-0.1, -0.05) is 23.2 Å². The Labute approximate surface area is 186 Å². The van der Waals surface area contributed by atoms with E-state index in [4.69, 9.17) is 28.9 Å². The van der Waals surface area contributed by atoms with Crippen molar-refractivity contribution >= 4 is 40.9 Å². The highest BCUT2D eigenvalue weighted by Crippen LogP contribution is 2.26. The average Bonchev–Trinajstić information content (AvgIpc) is 3.22. The Morgan fingerprint density at radius 2 is 1.90 bits per heavy atom. The molecule has 1 aromatic rings. The smallest absolute Gasteiger partial charge is 0.256 e. The zero-order valence-corrected chi connectivity index (χ0v) is 18.4. The summed E-state index contributed by atoms with van der Waals surface area (Å²) < 4.78 is 0. The Kier molecular flexibility index (Phi) is 7.97. The SMILES string of the molecule is NC(=O)C1CCCN(CCCNC(=O)C2CCCN2C(=O)c2cc(Cl)ccc2Cl)C1. The van der Waals surface area contributed by atoms with Gasteiger partial charge in [-0.05, 0) is 63.4 Å². The number of primary amides is 1. The van der Waals surface area contributed by atoms with E-state index < -0.39 is 6.04 Å². The van der Waals surface area contributed by atoms with Crippen LogP contribution < -0.4 is 11.1 Å². The number of piperidine rings is 1. The average molecular weight is 455 g/mol. The van der Waals surface area contributed by atoms with Crippen LogP contribution in [-0.4, -0.2) is 66.3 Å². The van der Waals surface area contributed by atoms with Gasteiger partial charge in [0.1, 0.15) is 6.04 Å². The first kappa shape index (κ1) is 22.8. The second-order valence-electron chi connectivity index (χ2n) is 7.97. The molecule has 164 valence electrons. The molecule has 2 fully saturated rings. The number of halogens is 2. The quantitative estimate of drug-likeness (QED) is 0.617. The molecular weight excluding hydrogens is 427 g/mol. The highest BCUT2D eigenvalue weighted by atomic mass is 35.5. The van der Waals surface area contributed by atoms with Crippen molar-refractivity contribution in [1.29, 1.82) is 0 Å². The topological polar surface area (TPSA) is 95.7 Å². The van der Waals surface area contributed by atoms with Gasteiger partial charge in [0, 0.05) is 24.7 Å². The van der Waals surface area contributed by atoms with E-state index in [0.29, 0.717) is 41.7 Å². The summed E-state index contributed by atoms with van der Waals surface area (Å²) in [7, 11) is 0. The highest BCUT2D eigenvalue weighted by molar-refractivity contribution is 6.35. The molecule has 0 radical (unpaired) electrons. The highest BCUT2D eigenvalue weighted by Gasteiger charge is 2.35. The molecule has 0 spiro atoms. The van der Waals surface area contributed by atoms with Gasteiger partial charge in [0.2, 0.25) is 11.8 Å². The maximum Gasteiger partial charge on any atom is 0.256 e. The van der Waals surface area contributed by atoms with Gasteiger partial charge in [0.25, 0.3) is 5.91 Å². The maximum absolute atomic E-state index is 12.9. The van der Waals surface area contributed by atoms with Crippen molar-refractivity contribution in [1.82, 2.24) is 15.1 Å².